The normalized spacial score (nSPS) is 15.8. The minimum Gasteiger partial charge on any atom is -0.319 e. The highest BCUT2D eigenvalue weighted by atomic mass is 16.2. The van der Waals surface area contributed by atoms with Crippen molar-refractivity contribution < 1.29 is 9.59 Å². The third-order valence-corrected chi connectivity index (χ3v) is 3.11. The smallest absolute Gasteiger partial charge is 0.319 e. The van der Waals surface area contributed by atoms with Crippen molar-refractivity contribution in [3.8, 4) is 0 Å². The van der Waals surface area contributed by atoms with Crippen molar-refractivity contribution in [3.05, 3.63) is 34.2 Å². The maximum absolute atomic E-state index is 12.2. The first kappa shape index (κ1) is 13.3. The number of pyridine rings is 1. The summed E-state index contributed by atoms with van der Waals surface area (Å²) in [6, 6.07) is 3.15. The van der Waals surface area contributed by atoms with Crippen LogP contribution >= 0.6 is 0 Å². The van der Waals surface area contributed by atoms with Crippen LogP contribution in [0.1, 0.15) is 31.9 Å². The summed E-state index contributed by atoms with van der Waals surface area (Å²) in [6.07, 6.45) is 2.01. The molecule has 1 aromatic heterocycles. The Bertz CT molecular complexity index is 562. The SMILES string of the molecule is CC(C)n1cccc(CN2CCC(=O)NC2=O)c1=O. The molecule has 0 atom stereocenters. The second-order valence-corrected chi connectivity index (χ2v) is 4.86. The number of carbonyl (C=O) groups is 2. The Morgan fingerprint density at radius 1 is 1.32 bits per heavy atom. The van der Waals surface area contributed by atoms with E-state index < -0.39 is 6.03 Å². The van der Waals surface area contributed by atoms with Crippen LogP contribution in [0.4, 0.5) is 4.79 Å². The molecule has 1 aliphatic heterocycles. The average molecular weight is 263 g/mol. The van der Waals surface area contributed by atoms with Crippen LogP contribution in [0.25, 0.3) is 0 Å². The van der Waals surface area contributed by atoms with E-state index in [1.807, 2.05) is 13.8 Å². The van der Waals surface area contributed by atoms with Crippen LogP contribution in [0.3, 0.4) is 0 Å². The summed E-state index contributed by atoms with van der Waals surface area (Å²) in [6.45, 7) is 4.43. The number of nitrogens with zero attached hydrogens (tertiary/aromatic N) is 2. The summed E-state index contributed by atoms with van der Waals surface area (Å²) >= 11 is 0. The minimum absolute atomic E-state index is 0.0733. The molecule has 0 aromatic carbocycles. The molecule has 0 unspecified atom stereocenters. The van der Waals surface area contributed by atoms with Crippen molar-refractivity contribution in [1.29, 1.82) is 0 Å². The molecule has 3 amide bonds. The molecule has 2 heterocycles. The molecule has 1 fully saturated rings. The topological polar surface area (TPSA) is 71.4 Å². The molecule has 19 heavy (non-hydrogen) atoms. The second-order valence-electron chi connectivity index (χ2n) is 4.86. The lowest BCUT2D eigenvalue weighted by molar-refractivity contribution is -0.121. The number of rotatable bonds is 3. The highest BCUT2D eigenvalue weighted by Crippen LogP contribution is 2.07. The Morgan fingerprint density at radius 3 is 2.68 bits per heavy atom. The largest absolute Gasteiger partial charge is 0.324 e. The molecular formula is C13H17N3O3. The summed E-state index contributed by atoms with van der Waals surface area (Å²) in [5.41, 5.74) is 0.461. The predicted molar refractivity (Wildman–Crippen MR) is 69.7 cm³/mol. The Balaban J connectivity index is 2.20. The molecule has 1 N–H and O–H groups in total. The molecular weight excluding hydrogens is 246 g/mol. The number of amides is 3. The lowest BCUT2D eigenvalue weighted by Crippen LogP contribution is -2.49. The third-order valence-electron chi connectivity index (χ3n) is 3.11. The summed E-state index contributed by atoms with van der Waals surface area (Å²) < 4.78 is 1.63. The van der Waals surface area contributed by atoms with E-state index in [0.29, 0.717) is 12.1 Å². The van der Waals surface area contributed by atoms with Crippen LogP contribution in [0, 0.1) is 0 Å². The molecule has 2 rings (SSSR count). The number of hydrogen-bond acceptors (Lipinski definition) is 3. The van der Waals surface area contributed by atoms with Crippen molar-refractivity contribution in [2.45, 2.75) is 32.9 Å². The van der Waals surface area contributed by atoms with E-state index in [-0.39, 0.29) is 30.5 Å². The van der Waals surface area contributed by atoms with Gasteiger partial charge in [0.2, 0.25) is 5.91 Å². The highest BCUT2D eigenvalue weighted by Gasteiger charge is 2.23. The zero-order chi connectivity index (χ0) is 14.0. The molecule has 1 aliphatic rings. The van der Waals surface area contributed by atoms with Gasteiger partial charge >= 0.3 is 6.03 Å². The van der Waals surface area contributed by atoms with Gasteiger partial charge in [-0.05, 0) is 19.9 Å². The Hall–Kier alpha value is -2.11. The first-order chi connectivity index (χ1) is 8.99. The van der Waals surface area contributed by atoms with E-state index in [1.54, 1.807) is 22.9 Å². The van der Waals surface area contributed by atoms with Gasteiger partial charge in [0.25, 0.3) is 5.56 Å². The minimum atomic E-state index is -0.435. The number of imide groups is 1. The number of hydrogen-bond donors (Lipinski definition) is 1. The standard InChI is InChI=1S/C13H17N3O3/c1-9(2)16-6-3-4-10(12(16)18)8-15-7-5-11(17)14-13(15)19/h3-4,6,9H,5,7-8H2,1-2H3,(H,14,17,19). The summed E-state index contributed by atoms with van der Waals surface area (Å²) in [7, 11) is 0. The fourth-order valence-electron chi connectivity index (χ4n) is 2.04. The molecule has 6 nitrogen and oxygen atoms in total. The number of urea groups is 1. The van der Waals surface area contributed by atoms with Crippen LogP contribution in [0.5, 0.6) is 0 Å². The molecule has 0 spiro atoms. The fraction of sp³-hybridized carbons (Fsp3) is 0.462. The molecule has 1 saturated heterocycles. The van der Waals surface area contributed by atoms with Crippen molar-refractivity contribution in [2.24, 2.45) is 0 Å². The molecule has 0 bridgehead atoms. The number of carbonyl (C=O) groups excluding carboxylic acids is 2. The van der Waals surface area contributed by atoms with Crippen molar-refractivity contribution in [3.63, 3.8) is 0 Å². The van der Waals surface area contributed by atoms with Crippen LogP contribution in [0.2, 0.25) is 0 Å². The van der Waals surface area contributed by atoms with Gasteiger partial charge in [-0.3, -0.25) is 14.9 Å². The van der Waals surface area contributed by atoms with Gasteiger partial charge in [-0.25, -0.2) is 4.79 Å². The lowest BCUT2D eigenvalue weighted by Gasteiger charge is -2.26. The van der Waals surface area contributed by atoms with Gasteiger partial charge < -0.3 is 9.47 Å². The Morgan fingerprint density at radius 2 is 2.05 bits per heavy atom. The molecule has 0 radical (unpaired) electrons. The van der Waals surface area contributed by atoms with Crippen LogP contribution in [-0.4, -0.2) is 28.0 Å². The lowest BCUT2D eigenvalue weighted by atomic mass is 10.2. The van der Waals surface area contributed by atoms with E-state index in [2.05, 4.69) is 5.32 Å². The van der Waals surface area contributed by atoms with E-state index in [9.17, 15) is 14.4 Å². The van der Waals surface area contributed by atoms with Gasteiger partial charge in [-0.2, -0.15) is 0 Å². The zero-order valence-corrected chi connectivity index (χ0v) is 11.0. The van der Waals surface area contributed by atoms with Gasteiger partial charge in [-0.15, -0.1) is 0 Å². The third kappa shape index (κ3) is 2.83. The van der Waals surface area contributed by atoms with Gasteiger partial charge in [0, 0.05) is 30.8 Å². The van der Waals surface area contributed by atoms with Gasteiger partial charge in [0.15, 0.2) is 0 Å². The summed E-state index contributed by atoms with van der Waals surface area (Å²) in [5.74, 6) is -0.270. The van der Waals surface area contributed by atoms with Crippen molar-refractivity contribution in [1.82, 2.24) is 14.8 Å². The highest BCUT2D eigenvalue weighted by molar-refractivity contribution is 5.96. The van der Waals surface area contributed by atoms with Crippen LogP contribution in [-0.2, 0) is 11.3 Å². The van der Waals surface area contributed by atoms with Crippen LogP contribution in [0.15, 0.2) is 23.1 Å². The number of nitrogens with one attached hydrogen (secondary N) is 1. The van der Waals surface area contributed by atoms with Crippen LogP contribution < -0.4 is 10.9 Å². The molecule has 0 saturated carbocycles. The molecule has 1 aromatic rings. The van der Waals surface area contributed by atoms with E-state index in [4.69, 9.17) is 0 Å². The Labute approximate surface area is 111 Å². The first-order valence-electron chi connectivity index (χ1n) is 6.28. The summed E-state index contributed by atoms with van der Waals surface area (Å²) in [5, 5.41) is 2.25. The van der Waals surface area contributed by atoms with Crippen molar-refractivity contribution in [2.75, 3.05) is 6.54 Å². The predicted octanol–water partition coefficient (Wildman–Crippen LogP) is 0.871. The molecule has 6 heteroatoms. The van der Waals surface area contributed by atoms with E-state index in [0.717, 1.165) is 0 Å². The molecule has 102 valence electrons. The monoisotopic (exact) mass is 263 g/mol. The van der Waals surface area contributed by atoms with E-state index >= 15 is 0 Å². The Kier molecular flexibility index (Phi) is 3.69. The molecule has 0 aliphatic carbocycles. The van der Waals surface area contributed by atoms with Gasteiger partial charge in [0.1, 0.15) is 0 Å². The van der Waals surface area contributed by atoms with E-state index in [1.165, 1.54) is 4.90 Å². The zero-order valence-electron chi connectivity index (χ0n) is 11.0. The second kappa shape index (κ2) is 5.26. The number of aromatic nitrogens is 1. The van der Waals surface area contributed by atoms with Crippen molar-refractivity contribution >= 4 is 11.9 Å². The average Bonchev–Trinajstić information content (AvgIpc) is 2.34. The first-order valence-corrected chi connectivity index (χ1v) is 6.28. The fourth-order valence-corrected chi connectivity index (χ4v) is 2.04. The maximum atomic E-state index is 12.2. The van der Waals surface area contributed by atoms with Gasteiger partial charge in [0.05, 0.1) is 6.54 Å². The van der Waals surface area contributed by atoms with Gasteiger partial charge in [-0.1, -0.05) is 6.07 Å². The maximum Gasteiger partial charge on any atom is 0.324 e. The summed E-state index contributed by atoms with van der Waals surface area (Å²) in [4.78, 5) is 36.3. The quantitative estimate of drug-likeness (QED) is 0.879.